The van der Waals surface area contributed by atoms with Crippen molar-refractivity contribution < 1.29 is 14.3 Å². The smallest absolute Gasteiger partial charge is 0.262 e. The van der Waals surface area contributed by atoms with Crippen molar-refractivity contribution in [2.45, 2.75) is 25.5 Å². The van der Waals surface area contributed by atoms with Gasteiger partial charge in [0.05, 0.1) is 16.7 Å². The number of aliphatic hydroxyl groups is 1. The number of nitrogens with one attached hydrogen (secondary N) is 1. The van der Waals surface area contributed by atoms with E-state index in [0.29, 0.717) is 36.5 Å². The van der Waals surface area contributed by atoms with Gasteiger partial charge in [0.1, 0.15) is 5.82 Å². The van der Waals surface area contributed by atoms with Crippen LogP contribution in [-0.2, 0) is 6.54 Å². The molecule has 1 aliphatic rings. The molecule has 2 heterocycles. The van der Waals surface area contributed by atoms with E-state index in [1.165, 1.54) is 17.4 Å². The first-order valence-corrected chi connectivity index (χ1v) is 10.6. The monoisotopic (exact) mass is 410 g/mol. The third-order valence-corrected chi connectivity index (χ3v) is 6.14. The number of amides is 1. The van der Waals surface area contributed by atoms with Crippen LogP contribution in [0.5, 0.6) is 0 Å². The second-order valence-corrected chi connectivity index (χ2v) is 8.13. The van der Waals surface area contributed by atoms with Gasteiger partial charge < -0.3 is 15.3 Å². The first-order valence-electron chi connectivity index (χ1n) is 9.74. The molecule has 4 nitrogen and oxygen atoms in total. The van der Waals surface area contributed by atoms with E-state index in [4.69, 9.17) is 0 Å². The SMILES string of the molecule is O=C(NCc1ccc(N2CCC(O)CC2)c(F)c1)c1sccc1-c1ccccc1. The number of hydrogen-bond acceptors (Lipinski definition) is 4. The molecule has 1 fully saturated rings. The van der Waals surface area contributed by atoms with Gasteiger partial charge in [-0.1, -0.05) is 36.4 Å². The van der Waals surface area contributed by atoms with Crippen LogP contribution in [0.2, 0.25) is 0 Å². The van der Waals surface area contributed by atoms with Gasteiger partial charge in [-0.05, 0) is 47.5 Å². The zero-order chi connectivity index (χ0) is 20.2. The summed E-state index contributed by atoms with van der Waals surface area (Å²) < 4.78 is 14.6. The molecule has 6 heteroatoms. The van der Waals surface area contributed by atoms with E-state index >= 15 is 0 Å². The summed E-state index contributed by atoms with van der Waals surface area (Å²) in [5.41, 5.74) is 3.17. The van der Waals surface area contributed by atoms with Crippen molar-refractivity contribution in [2.75, 3.05) is 18.0 Å². The molecule has 3 aromatic rings. The molecule has 150 valence electrons. The zero-order valence-electron chi connectivity index (χ0n) is 16.0. The Kier molecular flexibility index (Phi) is 5.92. The van der Waals surface area contributed by atoms with Gasteiger partial charge in [-0.25, -0.2) is 4.39 Å². The summed E-state index contributed by atoms with van der Waals surface area (Å²) in [6, 6.07) is 16.8. The molecule has 1 aliphatic heterocycles. The number of anilines is 1. The third kappa shape index (κ3) is 4.49. The number of rotatable bonds is 5. The van der Waals surface area contributed by atoms with Crippen molar-refractivity contribution >= 4 is 22.9 Å². The van der Waals surface area contributed by atoms with Crippen LogP contribution < -0.4 is 10.2 Å². The normalized spacial score (nSPS) is 14.8. The molecular weight excluding hydrogens is 387 g/mol. The summed E-state index contributed by atoms with van der Waals surface area (Å²) in [5.74, 6) is -0.456. The Morgan fingerprint density at radius 2 is 1.90 bits per heavy atom. The molecule has 1 saturated heterocycles. The average Bonchev–Trinajstić information content (AvgIpc) is 3.24. The molecule has 0 radical (unpaired) electrons. The van der Waals surface area contributed by atoms with E-state index in [1.54, 1.807) is 6.07 Å². The lowest BCUT2D eigenvalue weighted by Gasteiger charge is -2.31. The molecule has 2 N–H and O–H groups in total. The van der Waals surface area contributed by atoms with Crippen molar-refractivity contribution in [3.8, 4) is 11.1 Å². The van der Waals surface area contributed by atoms with Crippen LogP contribution in [0.15, 0.2) is 60.0 Å². The van der Waals surface area contributed by atoms with Crippen LogP contribution in [0, 0.1) is 5.82 Å². The number of carbonyl (C=O) groups excluding carboxylic acids is 1. The maximum Gasteiger partial charge on any atom is 0.262 e. The molecule has 0 spiro atoms. The van der Waals surface area contributed by atoms with Crippen molar-refractivity contribution in [2.24, 2.45) is 0 Å². The highest BCUT2D eigenvalue weighted by molar-refractivity contribution is 7.12. The number of nitrogens with zero attached hydrogens (tertiary/aromatic N) is 1. The lowest BCUT2D eigenvalue weighted by atomic mass is 10.1. The van der Waals surface area contributed by atoms with Crippen molar-refractivity contribution in [1.29, 1.82) is 0 Å². The van der Waals surface area contributed by atoms with Crippen LogP contribution in [0.25, 0.3) is 11.1 Å². The summed E-state index contributed by atoms with van der Waals surface area (Å²) >= 11 is 1.40. The van der Waals surface area contributed by atoms with Crippen LogP contribution >= 0.6 is 11.3 Å². The number of aliphatic hydroxyl groups excluding tert-OH is 1. The number of thiophene rings is 1. The van der Waals surface area contributed by atoms with Gasteiger partial charge in [-0.3, -0.25) is 4.79 Å². The predicted molar refractivity (Wildman–Crippen MR) is 115 cm³/mol. The van der Waals surface area contributed by atoms with E-state index in [-0.39, 0.29) is 24.4 Å². The minimum Gasteiger partial charge on any atom is -0.393 e. The predicted octanol–water partition coefficient (Wildman–Crippen LogP) is 4.45. The Labute approximate surface area is 173 Å². The minimum absolute atomic E-state index is 0.159. The van der Waals surface area contributed by atoms with Crippen LogP contribution in [0.1, 0.15) is 28.1 Å². The highest BCUT2D eigenvalue weighted by atomic mass is 32.1. The van der Waals surface area contributed by atoms with Crippen molar-refractivity contribution in [1.82, 2.24) is 5.32 Å². The van der Waals surface area contributed by atoms with Gasteiger partial charge >= 0.3 is 0 Å². The van der Waals surface area contributed by atoms with Crippen molar-refractivity contribution in [3.63, 3.8) is 0 Å². The number of carbonyl (C=O) groups is 1. The van der Waals surface area contributed by atoms with E-state index < -0.39 is 0 Å². The summed E-state index contributed by atoms with van der Waals surface area (Å²) in [6.45, 7) is 1.56. The first-order chi connectivity index (χ1) is 14.1. The molecule has 0 aliphatic carbocycles. The summed E-state index contributed by atoms with van der Waals surface area (Å²) in [4.78, 5) is 15.3. The Morgan fingerprint density at radius 3 is 2.62 bits per heavy atom. The summed E-state index contributed by atoms with van der Waals surface area (Å²) in [5, 5.41) is 14.4. The van der Waals surface area contributed by atoms with Crippen molar-refractivity contribution in [3.05, 3.63) is 76.2 Å². The molecule has 29 heavy (non-hydrogen) atoms. The second kappa shape index (κ2) is 8.76. The fraction of sp³-hybridized carbons (Fsp3) is 0.261. The van der Waals surface area contributed by atoms with Crippen LogP contribution in [-0.4, -0.2) is 30.2 Å². The van der Waals surface area contributed by atoms with E-state index in [1.807, 2.05) is 52.7 Å². The Balaban J connectivity index is 1.42. The fourth-order valence-electron chi connectivity index (χ4n) is 3.62. The molecule has 1 amide bonds. The molecule has 0 atom stereocenters. The fourth-order valence-corrected chi connectivity index (χ4v) is 4.45. The van der Waals surface area contributed by atoms with Gasteiger partial charge in [-0.15, -0.1) is 11.3 Å². The number of piperidine rings is 1. The number of hydrogen-bond donors (Lipinski definition) is 2. The highest BCUT2D eigenvalue weighted by Gasteiger charge is 2.20. The Morgan fingerprint density at radius 1 is 1.14 bits per heavy atom. The topological polar surface area (TPSA) is 52.6 Å². The largest absolute Gasteiger partial charge is 0.393 e. The molecule has 2 aromatic carbocycles. The maximum atomic E-state index is 14.6. The van der Waals surface area contributed by atoms with Gasteiger partial charge in [0.25, 0.3) is 5.91 Å². The summed E-state index contributed by atoms with van der Waals surface area (Å²) in [6.07, 6.45) is 1.02. The minimum atomic E-state index is -0.297. The van der Waals surface area contributed by atoms with Gasteiger partial charge in [0, 0.05) is 25.2 Å². The zero-order valence-corrected chi connectivity index (χ0v) is 16.8. The van der Waals surface area contributed by atoms with Gasteiger partial charge in [0.15, 0.2) is 0 Å². The third-order valence-electron chi connectivity index (χ3n) is 5.23. The van der Waals surface area contributed by atoms with Crippen LogP contribution in [0.4, 0.5) is 10.1 Å². The number of benzene rings is 2. The number of halogens is 1. The van der Waals surface area contributed by atoms with Gasteiger partial charge in [-0.2, -0.15) is 0 Å². The lowest BCUT2D eigenvalue weighted by molar-refractivity contribution is 0.0955. The highest BCUT2D eigenvalue weighted by Crippen LogP contribution is 2.28. The molecular formula is C23H23FN2O2S. The second-order valence-electron chi connectivity index (χ2n) is 7.22. The van der Waals surface area contributed by atoms with E-state index in [2.05, 4.69) is 5.32 Å². The Bertz CT molecular complexity index is 982. The van der Waals surface area contributed by atoms with E-state index in [9.17, 15) is 14.3 Å². The average molecular weight is 411 g/mol. The lowest BCUT2D eigenvalue weighted by Crippen LogP contribution is -2.36. The first kappa shape index (κ1) is 19.6. The molecule has 0 saturated carbocycles. The quantitative estimate of drug-likeness (QED) is 0.654. The Hall–Kier alpha value is -2.70. The van der Waals surface area contributed by atoms with E-state index in [0.717, 1.165) is 16.7 Å². The molecule has 0 bridgehead atoms. The molecule has 1 aromatic heterocycles. The standard InChI is InChI=1S/C23H23FN2O2S/c24-20-14-16(6-7-21(20)26-11-8-18(27)9-12-26)15-25-23(28)22-19(10-13-29-22)17-4-2-1-3-5-17/h1-7,10,13-14,18,27H,8-9,11-12,15H2,(H,25,28). The maximum absolute atomic E-state index is 14.6. The van der Waals surface area contributed by atoms with Gasteiger partial charge in [0.2, 0.25) is 0 Å². The van der Waals surface area contributed by atoms with Crippen LogP contribution in [0.3, 0.4) is 0 Å². The summed E-state index contributed by atoms with van der Waals surface area (Å²) in [7, 11) is 0. The molecule has 0 unspecified atom stereocenters. The molecule has 4 rings (SSSR count).